The number of carbonyl (C=O) groups excluding carboxylic acids is 1. The Kier molecular flexibility index (Phi) is 2.26. The van der Waals surface area contributed by atoms with E-state index in [0.29, 0.717) is 6.42 Å². The molecule has 1 aromatic heterocycles. The normalized spacial score (nSPS) is 19.6. The molecule has 0 saturated carbocycles. The van der Waals surface area contributed by atoms with E-state index in [4.69, 9.17) is 9.47 Å². The first-order chi connectivity index (χ1) is 9.72. The second kappa shape index (κ2) is 4.00. The highest BCUT2D eigenvalue weighted by Crippen LogP contribution is 2.41. The number of aromatic nitrogens is 2. The van der Waals surface area contributed by atoms with Crippen LogP contribution < -0.4 is 14.8 Å². The third kappa shape index (κ3) is 1.57. The minimum atomic E-state index is 0.00181. The molecule has 2 aliphatic rings. The van der Waals surface area contributed by atoms with E-state index >= 15 is 0 Å². The van der Waals surface area contributed by atoms with Gasteiger partial charge in [0.05, 0.1) is 6.20 Å². The van der Waals surface area contributed by atoms with Gasteiger partial charge in [-0.05, 0) is 17.7 Å². The molecule has 0 fully saturated rings. The third-order valence-electron chi connectivity index (χ3n) is 3.79. The Morgan fingerprint density at radius 3 is 3.10 bits per heavy atom. The molecule has 1 amide bonds. The average Bonchev–Trinajstić information content (AvgIpc) is 3.04. The number of fused-ring (bicyclic) bond motifs is 2. The second-order valence-electron chi connectivity index (χ2n) is 4.99. The number of nitrogens with one attached hydrogen (secondary N) is 1. The van der Waals surface area contributed by atoms with Crippen LogP contribution in [0.15, 0.2) is 24.4 Å². The Morgan fingerprint density at radius 2 is 2.20 bits per heavy atom. The number of hydrogen-bond acceptors (Lipinski definition) is 4. The van der Waals surface area contributed by atoms with E-state index in [2.05, 4.69) is 10.4 Å². The molecule has 2 aliphatic heterocycles. The number of aryl methyl sites for hydroxylation is 1. The average molecular weight is 271 g/mol. The quantitative estimate of drug-likeness (QED) is 0.856. The van der Waals surface area contributed by atoms with E-state index in [0.717, 1.165) is 28.4 Å². The van der Waals surface area contributed by atoms with Crippen LogP contribution in [0.3, 0.4) is 0 Å². The number of ether oxygens (including phenoxy) is 2. The first-order valence-corrected chi connectivity index (χ1v) is 6.43. The molecule has 0 spiro atoms. The summed E-state index contributed by atoms with van der Waals surface area (Å²) in [5, 5.41) is 7.09. The SMILES string of the molecule is Cn1ncc2c1NC(=O)C[C@@H]2c1ccc2c(c1)OCO2. The van der Waals surface area contributed by atoms with Gasteiger partial charge in [0.1, 0.15) is 5.82 Å². The fourth-order valence-electron chi connectivity index (χ4n) is 2.77. The molecule has 0 saturated heterocycles. The lowest BCUT2D eigenvalue weighted by molar-refractivity contribution is -0.116. The van der Waals surface area contributed by atoms with Gasteiger partial charge in [0.2, 0.25) is 12.7 Å². The molecule has 6 nitrogen and oxygen atoms in total. The van der Waals surface area contributed by atoms with Gasteiger partial charge < -0.3 is 14.8 Å². The zero-order valence-electron chi connectivity index (χ0n) is 10.9. The summed E-state index contributed by atoms with van der Waals surface area (Å²) in [6.45, 7) is 0.252. The van der Waals surface area contributed by atoms with Crippen LogP contribution >= 0.6 is 0 Å². The lowest BCUT2D eigenvalue weighted by Gasteiger charge is -2.23. The number of anilines is 1. The Balaban J connectivity index is 1.80. The zero-order chi connectivity index (χ0) is 13.7. The number of hydrogen-bond donors (Lipinski definition) is 1. The summed E-state index contributed by atoms with van der Waals surface area (Å²) < 4.78 is 12.4. The van der Waals surface area contributed by atoms with Crippen molar-refractivity contribution in [1.29, 1.82) is 0 Å². The molecule has 4 rings (SSSR count). The summed E-state index contributed by atoms with van der Waals surface area (Å²) in [5.74, 6) is 2.26. The summed E-state index contributed by atoms with van der Waals surface area (Å²) >= 11 is 0. The van der Waals surface area contributed by atoms with Crippen molar-refractivity contribution < 1.29 is 14.3 Å². The number of rotatable bonds is 1. The Bertz CT molecular complexity index is 708. The van der Waals surface area contributed by atoms with Crippen LogP contribution in [0.4, 0.5) is 5.82 Å². The van der Waals surface area contributed by atoms with Crippen LogP contribution in [0, 0.1) is 0 Å². The molecule has 2 aromatic rings. The maximum Gasteiger partial charge on any atom is 0.231 e. The zero-order valence-corrected chi connectivity index (χ0v) is 10.9. The summed E-state index contributed by atoms with van der Waals surface area (Å²) in [5.41, 5.74) is 2.07. The van der Waals surface area contributed by atoms with Gasteiger partial charge in [-0.3, -0.25) is 9.48 Å². The maximum absolute atomic E-state index is 11.9. The predicted octanol–water partition coefficient (Wildman–Crippen LogP) is 1.62. The van der Waals surface area contributed by atoms with Crippen molar-refractivity contribution in [2.24, 2.45) is 7.05 Å². The van der Waals surface area contributed by atoms with E-state index in [1.54, 1.807) is 4.68 Å². The van der Waals surface area contributed by atoms with Gasteiger partial charge in [-0.2, -0.15) is 5.10 Å². The summed E-state index contributed by atoms with van der Waals surface area (Å²) in [6, 6.07) is 5.82. The van der Waals surface area contributed by atoms with Crippen molar-refractivity contribution >= 4 is 11.7 Å². The maximum atomic E-state index is 11.9. The van der Waals surface area contributed by atoms with Crippen LogP contribution in [-0.4, -0.2) is 22.5 Å². The van der Waals surface area contributed by atoms with Crippen LogP contribution in [0.25, 0.3) is 0 Å². The van der Waals surface area contributed by atoms with Crippen molar-refractivity contribution in [1.82, 2.24) is 9.78 Å². The summed E-state index contributed by atoms with van der Waals surface area (Å²) in [6.07, 6.45) is 2.22. The van der Waals surface area contributed by atoms with Crippen LogP contribution in [0.5, 0.6) is 11.5 Å². The largest absolute Gasteiger partial charge is 0.454 e. The Morgan fingerprint density at radius 1 is 1.35 bits per heavy atom. The van der Waals surface area contributed by atoms with Crippen molar-refractivity contribution in [2.75, 3.05) is 12.1 Å². The Hall–Kier alpha value is -2.50. The molecule has 0 bridgehead atoms. The first-order valence-electron chi connectivity index (χ1n) is 6.43. The summed E-state index contributed by atoms with van der Waals surface area (Å²) in [4.78, 5) is 11.9. The summed E-state index contributed by atoms with van der Waals surface area (Å²) in [7, 11) is 1.82. The number of benzene rings is 1. The Labute approximate surface area is 115 Å². The van der Waals surface area contributed by atoms with E-state index in [1.165, 1.54) is 0 Å². The highest BCUT2D eigenvalue weighted by atomic mass is 16.7. The van der Waals surface area contributed by atoms with Gasteiger partial charge >= 0.3 is 0 Å². The van der Waals surface area contributed by atoms with E-state index in [-0.39, 0.29) is 18.6 Å². The molecule has 1 aromatic carbocycles. The lowest BCUT2D eigenvalue weighted by atomic mass is 9.87. The van der Waals surface area contributed by atoms with E-state index < -0.39 is 0 Å². The molecule has 1 atom stereocenters. The second-order valence-corrected chi connectivity index (χ2v) is 4.99. The molecule has 6 heteroatoms. The lowest BCUT2D eigenvalue weighted by Crippen LogP contribution is -2.24. The molecule has 0 aliphatic carbocycles. The molecule has 20 heavy (non-hydrogen) atoms. The van der Waals surface area contributed by atoms with Gasteiger partial charge in [0.15, 0.2) is 11.5 Å². The topological polar surface area (TPSA) is 65.4 Å². The van der Waals surface area contributed by atoms with Crippen LogP contribution in [-0.2, 0) is 11.8 Å². The molecule has 0 radical (unpaired) electrons. The highest BCUT2D eigenvalue weighted by Gasteiger charge is 2.30. The van der Waals surface area contributed by atoms with Gasteiger partial charge in [-0.1, -0.05) is 6.07 Å². The predicted molar refractivity (Wildman–Crippen MR) is 70.9 cm³/mol. The smallest absolute Gasteiger partial charge is 0.231 e. The number of amides is 1. The first kappa shape index (κ1) is 11.3. The molecule has 102 valence electrons. The minimum absolute atomic E-state index is 0.00181. The fourth-order valence-corrected chi connectivity index (χ4v) is 2.77. The molecular formula is C14H13N3O3. The van der Waals surface area contributed by atoms with Gasteiger partial charge in [-0.25, -0.2) is 0 Å². The van der Waals surface area contributed by atoms with Gasteiger partial charge in [-0.15, -0.1) is 0 Å². The molecule has 1 N–H and O–H groups in total. The van der Waals surface area contributed by atoms with Crippen LogP contribution in [0.1, 0.15) is 23.5 Å². The highest BCUT2D eigenvalue weighted by molar-refractivity contribution is 5.94. The third-order valence-corrected chi connectivity index (χ3v) is 3.79. The molecular weight excluding hydrogens is 258 g/mol. The van der Waals surface area contributed by atoms with E-state index in [1.807, 2.05) is 31.4 Å². The monoisotopic (exact) mass is 271 g/mol. The van der Waals surface area contributed by atoms with Crippen molar-refractivity contribution in [3.05, 3.63) is 35.5 Å². The van der Waals surface area contributed by atoms with Crippen LogP contribution in [0.2, 0.25) is 0 Å². The number of nitrogens with zero attached hydrogens (tertiary/aromatic N) is 2. The minimum Gasteiger partial charge on any atom is -0.454 e. The van der Waals surface area contributed by atoms with E-state index in [9.17, 15) is 4.79 Å². The standard InChI is InChI=1S/C14H13N3O3/c1-17-14-10(6-15-17)9(5-13(18)16-14)8-2-3-11-12(4-8)20-7-19-11/h2-4,6,9H,5,7H2,1H3,(H,16,18)/t9-/m1/s1. The van der Waals surface area contributed by atoms with Crippen molar-refractivity contribution in [2.45, 2.75) is 12.3 Å². The van der Waals surface area contributed by atoms with Gasteiger partial charge in [0.25, 0.3) is 0 Å². The van der Waals surface area contributed by atoms with Crippen molar-refractivity contribution in [3.63, 3.8) is 0 Å². The molecule has 3 heterocycles. The number of carbonyl (C=O) groups is 1. The molecule has 0 unspecified atom stereocenters. The van der Waals surface area contributed by atoms with Gasteiger partial charge in [0, 0.05) is 24.9 Å². The van der Waals surface area contributed by atoms with Crippen molar-refractivity contribution in [3.8, 4) is 11.5 Å². The fraction of sp³-hybridized carbons (Fsp3) is 0.286.